The summed E-state index contributed by atoms with van der Waals surface area (Å²) in [6, 6.07) is 4.08. The molecule has 0 saturated carbocycles. The Morgan fingerprint density at radius 1 is 1.38 bits per heavy atom. The SMILES string of the molecule is COc1ccc(C(=O)N2CC[C@H](O)[C@@H](n3ccnc3)CC2)cc1F. The topological polar surface area (TPSA) is 67.6 Å². The number of imidazole rings is 1. The van der Waals surface area contributed by atoms with Gasteiger partial charge in [0.1, 0.15) is 0 Å². The second-order valence-electron chi connectivity index (χ2n) is 5.86. The molecule has 1 aromatic heterocycles. The van der Waals surface area contributed by atoms with Crippen molar-refractivity contribution in [1.29, 1.82) is 0 Å². The van der Waals surface area contributed by atoms with Crippen molar-refractivity contribution in [2.24, 2.45) is 0 Å². The maximum Gasteiger partial charge on any atom is 0.253 e. The average Bonchev–Trinajstić information content (AvgIpc) is 3.04. The zero-order chi connectivity index (χ0) is 17.1. The summed E-state index contributed by atoms with van der Waals surface area (Å²) in [5.74, 6) is -0.692. The van der Waals surface area contributed by atoms with Crippen LogP contribution in [0.1, 0.15) is 29.2 Å². The summed E-state index contributed by atoms with van der Waals surface area (Å²) in [5.41, 5.74) is 0.281. The van der Waals surface area contributed by atoms with Gasteiger partial charge in [0, 0.05) is 31.0 Å². The van der Waals surface area contributed by atoms with E-state index >= 15 is 0 Å². The van der Waals surface area contributed by atoms with Crippen molar-refractivity contribution in [1.82, 2.24) is 14.5 Å². The number of hydrogen-bond acceptors (Lipinski definition) is 4. The van der Waals surface area contributed by atoms with Crippen LogP contribution in [0.15, 0.2) is 36.9 Å². The van der Waals surface area contributed by atoms with E-state index in [1.165, 1.54) is 19.2 Å². The van der Waals surface area contributed by atoms with Gasteiger partial charge in [-0.25, -0.2) is 9.37 Å². The van der Waals surface area contributed by atoms with E-state index in [9.17, 15) is 14.3 Å². The highest BCUT2D eigenvalue weighted by Gasteiger charge is 2.28. The molecule has 0 spiro atoms. The van der Waals surface area contributed by atoms with Gasteiger partial charge in [0.2, 0.25) is 0 Å². The first-order chi connectivity index (χ1) is 11.6. The number of hydrogen-bond donors (Lipinski definition) is 1. The van der Waals surface area contributed by atoms with Gasteiger partial charge in [0.05, 0.1) is 25.6 Å². The summed E-state index contributed by atoms with van der Waals surface area (Å²) in [5, 5.41) is 10.3. The van der Waals surface area contributed by atoms with Gasteiger partial charge in [0.25, 0.3) is 5.91 Å². The number of likely N-dealkylation sites (tertiary alicyclic amines) is 1. The molecule has 24 heavy (non-hydrogen) atoms. The minimum absolute atomic E-state index is 0.109. The highest BCUT2D eigenvalue weighted by Crippen LogP contribution is 2.25. The monoisotopic (exact) mass is 333 g/mol. The van der Waals surface area contributed by atoms with Crippen LogP contribution in [-0.4, -0.2) is 51.8 Å². The molecule has 1 aromatic carbocycles. The highest BCUT2D eigenvalue weighted by atomic mass is 19.1. The standard InChI is InChI=1S/C17H20FN3O3/c1-24-16-3-2-12(10-13(16)18)17(23)20-7-4-14(15(22)5-8-20)21-9-6-19-11-21/h2-3,6,9-11,14-15,22H,4-5,7-8H2,1H3/t14-,15-/m0/s1. The third-order valence-corrected chi connectivity index (χ3v) is 4.43. The number of halogens is 1. The van der Waals surface area contributed by atoms with E-state index in [4.69, 9.17) is 4.74 Å². The van der Waals surface area contributed by atoms with Gasteiger partial charge in [-0.3, -0.25) is 4.79 Å². The van der Waals surface area contributed by atoms with E-state index < -0.39 is 11.9 Å². The van der Waals surface area contributed by atoms with Crippen LogP contribution in [0.3, 0.4) is 0 Å². The van der Waals surface area contributed by atoms with Gasteiger partial charge in [-0.1, -0.05) is 0 Å². The van der Waals surface area contributed by atoms with E-state index in [1.807, 2.05) is 10.8 Å². The molecule has 1 amide bonds. The number of aliphatic hydroxyl groups excluding tert-OH is 1. The van der Waals surface area contributed by atoms with Gasteiger partial charge >= 0.3 is 0 Å². The quantitative estimate of drug-likeness (QED) is 0.931. The fraction of sp³-hybridized carbons (Fsp3) is 0.412. The summed E-state index contributed by atoms with van der Waals surface area (Å²) in [6.07, 6.45) is 5.68. The maximum atomic E-state index is 13.8. The molecule has 3 rings (SSSR count). The molecule has 0 unspecified atom stereocenters. The van der Waals surface area contributed by atoms with Crippen LogP contribution in [-0.2, 0) is 0 Å². The molecule has 1 aliphatic rings. The number of methoxy groups -OCH3 is 1. The molecule has 0 bridgehead atoms. The molecule has 6 nitrogen and oxygen atoms in total. The van der Waals surface area contributed by atoms with Gasteiger partial charge < -0.3 is 19.3 Å². The fourth-order valence-electron chi connectivity index (χ4n) is 3.07. The zero-order valence-electron chi connectivity index (χ0n) is 13.4. The summed E-state index contributed by atoms with van der Waals surface area (Å²) in [6.45, 7) is 0.922. The Bertz CT molecular complexity index is 705. The van der Waals surface area contributed by atoms with Crippen molar-refractivity contribution in [3.05, 3.63) is 48.3 Å². The molecular weight excluding hydrogens is 313 g/mol. The summed E-state index contributed by atoms with van der Waals surface area (Å²) in [7, 11) is 1.38. The minimum Gasteiger partial charge on any atom is -0.494 e. The Kier molecular flexibility index (Phi) is 4.80. The molecule has 1 saturated heterocycles. The fourth-order valence-corrected chi connectivity index (χ4v) is 3.07. The van der Waals surface area contributed by atoms with Gasteiger partial charge in [-0.2, -0.15) is 0 Å². The molecule has 0 aliphatic carbocycles. The van der Waals surface area contributed by atoms with E-state index in [0.717, 1.165) is 0 Å². The summed E-state index contributed by atoms with van der Waals surface area (Å²) >= 11 is 0. The predicted molar refractivity (Wildman–Crippen MR) is 85.4 cm³/mol. The largest absolute Gasteiger partial charge is 0.494 e. The van der Waals surface area contributed by atoms with Crippen molar-refractivity contribution >= 4 is 5.91 Å². The van der Waals surface area contributed by atoms with Crippen molar-refractivity contribution < 1.29 is 19.0 Å². The van der Waals surface area contributed by atoms with Crippen LogP contribution in [0, 0.1) is 5.82 Å². The third kappa shape index (κ3) is 3.26. The van der Waals surface area contributed by atoms with Crippen LogP contribution in [0.5, 0.6) is 5.75 Å². The second-order valence-corrected chi connectivity index (χ2v) is 5.86. The van der Waals surface area contributed by atoms with Crippen molar-refractivity contribution in [3.8, 4) is 5.75 Å². The maximum absolute atomic E-state index is 13.8. The van der Waals surface area contributed by atoms with Crippen molar-refractivity contribution in [2.75, 3.05) is 20.2 Å². The number of nitrogens with zero attached hydrogens (tertiary/aromatic N) is 3. The smallest absolute Gasteiger partial charge is 0.253 e. The van der Waals surface area contributed by atoms with E-state index in [1.54, 1.807) is 23.5 Å². The first-order valence-electron chi connectivity index (χ1n) is 7.88. The van der Waals surface area contributed by atoms with E-state index in [0.29, 0.717) is 25.9 Å². The van der Waals surface area contributed by atoms with E-state index in [2.05, 4.69) is 4.98 Å². The Morgan fingerprint density at radius 3 is 2.83 bits per heavy atom. The second kappa shape index (κ2) is 7.00. The molecule has 2 aromatic rings. The zero-order valence-corrected chi connectivity index (χ0v) is 13.4. The summed E-state index contributed by atoms with van der Waals surface area (Å²) in [4.78, 5) is 18.3. The van der Waals surface area contributed by atoms with Crippen molar-refractivity contribution in [2.45, 2.75) is 25.0 Å². The molecule has 0 radical (unpaired) electrons. The Morgan fingerprint density at radius 2 is 2.17 bits per heavy atom. The molecule has 2 heterocycles. The van der Waals surface area contributed by atoms with Crippen LogP contribution in [0.25, 0.3) is 0 Å². The number of benzene rings is 1. The van der Waals surface area contributed by atoms with Gasteiger partial charge in [0.15, 0.2) is 11.6 Å². The Hall–Kier alpha value is -2.41. The summed E-state index contributed by atoms with van der Waals surface area (Å²) < 4.78 is 20.6. The number of aromatic nitrogens is 2. The Balaban J connectivity index is 1.73. The molecular formula is C17H20FN3O3. The number of amides is 1. The molecule has 1 N–H and O–H groups in total. The highest BCUT2D eigenvalue weighted by molar-refractivity contribution is 5.94. The number of carbonyl (C=O) groups excluding carboxylic acids is 1. The van der Waals surface area contributed by atoms with Crippen LogP contribution < -0.4 is 4.74 Å². The van der Waals surface area contributed by atoms with Gasteiger partial charge in [-0.15, -0.1) is 0 Å². The third-order valence-electron chi connectivity index (χ3n) is 4.43. The number of aliphatic hydroxyl groups is 1. The molecule has 7 heteroatoms. The first kappa shape index (κ1) is 16.4. The minimum atomic E-state index is -0.561. The normalized spacial score (nSPS) is 21.4. The molecule has 1 aliphatic heterocycles. The molecule has 1 fully saturated rings. The lowest BCUT2D eigenvalue weighted by molar-refractivity contribution is 0.0751. The van der Waals surface area contributed by atoms with Crippen LogP contribution in [0.2, 0.25) is 0 Å². The average molecular weight is 333 g/mol. The van der Waals surface area contributed by atoms with Gasteiger partial charge in [-0.05, 0) is 31.0 Å². The van der Waals surface area contributed by atoms with Crippen LogP contribution >= 0.6 is 0 Å². The predicted octanol–water partition coefficient (Wildman–Crippen LogP) is 1.87. The number of ether oxygens (including phenoxy) is 1. The number of rotatable bonds is 3. The van der Waals surface area contributed by atoms with Crippen molar-refractivity contribution in [3.63, 3.8) is 0 Å². The lowest BCUT2D eigenvalue weighted by atomic mass is 10.1. The lowest BCUT2D eigenvalue weighted by Crippen LogP contribution is -2.32. The van der Waals surface area contributed by atoms with E-state index in [-0.39, 0.29) is 23.3 Å². The number of carbonyl (C=O) groups is 1. The first-order valence-corrected chi connectivity index (χ1v) is 7.88. The van der Waals surface area contributed by atoms with Crippen LogP contribution in [0.4, 0.5) is 4.39 Å². The lowest BCUT2D eigenvalue weighted by Gasteiger charge is -2.21. The molecule has 128 valence electrons. The Labute approximate surface area is 139 Å². The molecule has 2 atom stereocenters.